The van der Waals surface area contributed by atoms with Crippen LogP contribution in [0.5, 0.6) is 0 Å². The summed E-state index contributed by atoms with van der Waals surface area (Å²) >= 11 is 0. The maximum atomic E-state index is 5.24. The number of hydrogen-bond acceptors (Lipinski definition) is 4. The fourth-order valence-corrected chi connectivity index (χ4v) is 7.38. The number of anilines is 2. The second-order valence-corrected chi connectivity index (χ2v) is 12.8. The van der Waals surface area contributed by atoms with Crippen LogP contribution in [0, 0.1) is 0 Å². The summed E-state index contributed by atoms with van der Waals surface area (Å²) in [5.41, 5.74) is 14.1. The molecule has 0 saturated carbocycles. The third kappa shape index (κ3) is 6.81. The highest BCUT2D eigenvalue weighted by Gasteiger charge is 2.24. The zero-order chi connectivity index (χ0) is 37.4. The van der Waals surface area contributed by atoms with Crippen molar-refractivity contribution in [3.8, 4) is 28.2 Å². The Balaban J connectivity index is 0.00000109. The average molecular weight is 706 g/mol. The molecule has 3 aromatic heterocycles. The summed E-state index contributed by atoms with van der Waals surface area (Å²) in [6.45, 7) is 12.7. The van der Waals surface area contributed by atoms with Crippen LogP contribution in [0.3, 0.4) is 0 Å². The standard InChI is InChI=1S/C45H35N5.2C2H6/c1-31-15-11-12-28-49(41-30-47-45(33-18-7-3-8-19-33)48-43(41)32-16-5-2-6-17-32)39-23-13-22-36(42(31)39)34-25-26-38-37(29-34)44-40(24-14-27-46-44)50(38)35-20-9-4-10-21-35;2*1-2/h2-5,7-10,12-14,16,18-30H,1,6,11,15,17H2;2*1-2H3/b28-12-;;. The van der Waals surface area contributed by atoms with Gasteiger partial charge in [-0.05, 0) is 90.4 Å². The fourth-order valence-electron chi connectivity index (χ4n) is 7.38. The number of aromatic nitrogens is 4. The van der Waals surface area contributed by atoms with Gasteiger partial charge in [-0.25, -0.2) is 9.97 Å². The molecule has 4 aromatic carbocycles. The molecule has 0 unspecified atom stereocenters. The minimum absolute atomic E-state index is 0.728. The van der Waals surface area contributed by atoms with E-state index in [1.807, 2.05) is 64.4 Å². The van der Waals surface area contributed by atoms with Crippen LogP contribution in [-0.2, 0) is 0 Å². The molecular weight excluding hydrogens is 659 g/mol. The Kier molecular flexibility index (Phi) is 11.1. The first kappa shape index (κ1) is 36.0. The Morgan fingerprint density at radius 2 is 1.44 bits per heavy atom. The van der Waals surface area contributed by atoms with E-state index < -0.39 is 0 Å². The number of nitrogens with zero attached hydrogens (tertiary/aromatic N) is 5. The predicted octanol–water partition coefficient (Wildman–Crippen LogP) is 13.5. The van der Waals surface area contributed by atoms with Crippen LogP contribution in [0.4, 0.5) is 11.4 Å². The lowest BCUT2D eigenvalue weighted by Crippen LogP contribution is -2.16. The van der Waals surface area contributed by atoms with Gasteiger partial charge in [0.25, 0.3) is 0 Å². The second kappa shape index (κ2) is 16.6. The highest BCUT2D eigenvalue weighted by atomic mass is 15.1. The lowest BCUT2D eigenvalue weighted by Gasteiger charge is -2.29. The average Bonchev–Trinajstić information content (AvgIpc) is 3.59. The van der Waals surface area contributed by atoms with E-state index in [0.29, 0.717) is 0 Å². The van der Waals surface area contributed by atoms with Gasteiger partial charge in [-0.1, -0.05) is 125 Å². The molecule has 0 N–H and O–H groups in total. The molecule has 5 heteroatoms. The van der Waals surface area contributed by atoms with Gasteiger partial charge in [0.15, 0.2) is 5.82 Å². The molecule has 9 rings (SSSR count). The first-order chi connectivity index (χ1) is 26.7. The molecule has 5 nitrogen and oxygen atoms in total. The zero-order valence-electron chi connectivity index (χ0n) is 31.7. The van der Waals surface area contributed by atoms with Gasteiger partial charge in [0.05, 0.1) is 39.8 Å². The Labute approximate surface area is 319 Å². The van der Waals surface area contributed by atoms with Gasteiger partial charge in [-0.15, -0.1) is 0 Å². The van der Waals surface area contributed by atoms with Crippen molar-refractivity contribution in [2.24, 2.45) is 0 Å². The lowest BCUT2D eigenvalue weighted by atomic mass is 9.89. The van der Waals surface area contributed by atoms with Gasteiger partial charge in [0.2, 0.25) is 0 Å². The van der Waals surface area contributed by atoms with Crippen molar-refractivity contribution < 1.29 is 0 Å². The monoisotopic (exact) mass is 705 g/mol. The largest absolute Gasteiger partial charge is 0.314 e. The highest BCUT2D eigenvalue weighted by Crippen LogP contribution is 2.45. The molecular formula is C49H47N5. The summed E-state index contributed by atoms with van der Waals surface area (Å²) < 4.78 is 2.30. The van der Waals surface area contributed by atoms with E-state index in [9.17, 15) is 0 Å². The molecule has 0 bridgehead atoms. The molecule has 7 aromatic rings. The quantitative estimate of drug-likeness (QED) is 0.179. The Bertz CT molecular complexity index is 2500. The van der Waals surface area contributed by atoms with Gasteiger partial charge >= 0.3 is 0 Å². The molecule has 4 heterocycles. The predicted molar refractivity (Wildman–Crippen MR) is 230 cm³/mol. The molecule has 2 aliphatic rings. The normalized spacial score (nSPS) is 14.2. The van der Waals surface area contributed by atoms with E-state index in [2.05, 4.69) is 131 Å². The Morgan fingerprint density at radius 3 is 2.22 bits per heavy atom. The van der Waals surface area contributed by atoms with E-state index in [-0.39, 0.29) is 0 Å². The molecule has 0 amide bonds. The summed E-state index contributed by atoms with van der Waals surface area (Å²) in [6, 6.07) is 38.3. The first-order valence-corrected chi connectivity index (χ1v) is 19.3. The van der Waals surface area contributed by atoms with Crippen LogP contribution in [-0.4, -0.2) is 19.5 Å². The van der Waals surface area contributed by atoms with Crippen molar-refractivity contribution in [2.45, 2.75) is 53.4 Å². The number of hydrogen-bond donors (Lipinski definition) is 0. The van der Waals surface area contributed by atoms with Gasteiger partial charge < -0.3 is 9.47 Å². The maximum Gasteiger partial charge on any atom is 0.159 e. The second-order valence-electron chi connectivity index (χ2n) is 12.8. The van der Waals surface area contributed by atoms with E-state index in [1.165, 1.54) is 5.57 Å². The van der Waals surface area contributed by atoms with Crippen molar-refractivity contribution in [1.82, 2.24) is 19.5 Å². The zero-order valence-corrected chi connectivity index (χ0v) is 31.7. The molecule has 0 fully saturated rings. The number of benzene rings is 4. The van der Waals surface area contributed by atoms with Crippen molar-refractivity contribution >= 4 is 44.5 Å². The number of pyridine rings is 1. The van der Waals surface area contributed by atoms with Gasteiger partial charge in [-0.3, -0.25) is 4.98 Å². The van der Waals surface area contributed by atoms with Gasteiger partial charge in [0.1, 0.15) is 0 Å². The summed E-state index contributed by atoms with van der Waals surface area (Å²) in [5.74, 6) is 0.728. The van der Waals surface area contributed by atoms with Crippen LogP contribution in [0.15, 0.2) is 159 Å². The van der Waals surface area contributed by atoms with Crippen LogP contribution >= 0.6 is 0 Å². The molecule has 1 aliphatic carbocycles. The topological polar surface area (TPSA) is 46.8 Å². The van der Waals surface area contributed by atoms with E-state index in [4.69, 9.17) is 15.0 Å². The third-order valence-electron chi connectivity index (χ3n) is 9.75. The van der Waals surface area contributed by atoms with Gasteiger partial charge in [-0.2, -0.15) is 0 Å². The van der Waals surface area contributed by atoms with E-state index >= 15 is 0 Å². The van der Waals surface area contributed by atoms with Crippen molar-refractivity contribution in [1.29, 1.82) is 0 Å². The summed E-state index contributed by atoms with van der Waals surface area (Å²) in [4.78, 5) is 17.3. The van der Waals surface area contributed by atoms with Crippen molar-refractivity contribution in [3.63, 3.8) is 0 Å². The summed E-state index contributed by atoms with van der Waals surface area (Å²) in [5, 5.41) is 1.12. The Hall–Kier alpha value is -6.33. The van der Waals surface area contributed by atoms with Crippen LogP contribution in [0.2, 0.25) is 0 Å². The SMILES string of the molecule is C=C1CC/C=C\N(c2cnc(-c3ccccc3)nc2C2=CC=CCC2)c2cccc(-c3ccc4c(c3)c3ncccc3n4-c3ccccc3)c21.CC.CC. The van der Waals surface area contributed by atoms with Crippen molar-refractivity contribution in [3.05, 3.63) is 170 Å². The molecule has 268 valence electrons. The van der Waals surface area contributed by atoms with Crippen LogP contribution < -0.4 is 4.90 Å². The van der Waals surface area contributed by atoms with Gasteiger partial charge in [0, 0.05) is 34.6 Å². The minimum atomic E-state index is 0.728. The molecule has 1 aliphatic heterocycles. The van der Waals surface area contributed by atoms with Crippen LogP contribution in [0.25, 0.3) is 61.3 Å². The maximum absolute atomic E-state index is 5.24. The van der Waals surface area contributed by atoms with Crippen molar-refractivity contribution in [2.75, 3.05) is 4.90 Å². The van der Waals surface area contributed by atoms with Crippen LogP contribution in [0.1, 0.15) is 64.6 Å². The third-order valence-corrected chi connectivity index (χ3v) is 9.75. The molecule has 0 saturated heterocycles. The first-order valence-electron chi connectivity index (χ1n) is 19.3. The number of allylic oxidation sites excluding steroid dienone is 6. The molecule has 54 heavy (non-hydrogen) atoms. The highest BCUT2D eigenvalue weighted by molar-refractivity contribution is 6.09. The molecule has 0 radical (unpaired) electrons. The Morgan fingerprint density at radius 1 is 0.667 bits per heavy atom. The fraction of sp³-hybridized carbons (Fsp3) is 0.163. The van der Waals surface area contributed by atoms with E-state index in [1.54, 1.807) is 0 Å². The number of para-hydroxylation sites is 1. The van der Waals surface area contributed by atoms with E-state index in [0.717, 1.165) is 104 Å². The lowest BCUT2D eigenvalue weighted by molar-refractivity contribution is 1.01. The summed E-state index contributed by atoms with van der Waals surface area (Å²) in [6.07, 6.45) is 18.5. The molecule has 0 atom stereocenters. The molecule has 0 spiro atoms. The summed E-state index contributed by atoms with van der Waals surface area (Å²) in [7, 11) is 0. The number of rotatable bonds is 5. The smallest absolute Gasteiger partial charge is 0.159 e. The minimum Gasteiger partial charge on any atom is -0.314 e. The number of fused-ring (bicyclic) bond motifs is 4.